The minimum atomic E-state index is 0.110. The van der Waals surface area contributed by atoms with Crippen LogP contribution in [0.4, 0.5) is 5.69 Å². The van der Waals surface area contributed by atoms with Gasteiger partial charge in [0.05, 0.1) is 11.9 Å². The third-order valence-electron chi connectivity index (χ3n) is 3.40. The van der Waals surface area contributed by atoms with E-state index in [2.05, 4.69) is 10.5 Å². The first-order chi connectivity index (χ1) is 11.8. The molecule has 4 nitrogen and oxygen atoms in total. The summed E-state index contributed by atoms with van der Waals surface area (Å²) in [6.07, 6.45) is 1.68. The Kier molecular flexibility index (Phi) is 5.10. The van der Waals surface area contributed by atoms with Gasteiger partial charge in [-0.2, -0.15) is 5.10 Å². The van der Waals surface area contributed by atoms with E-state index in [0.29, 0.717) is 12.4 Å². The van der Waals surface area contributed by atoms with Gasteiger partial charge in [0.2, 0.25) is 0 Å². The van der Waals surface area contributed by atoms with Crippen LogP contribution in [0, 0.1) is 0 Å². The second-order valence-electron chi connectivity index (χ2n) is 5.24. The molecule has 0 radical (unpaired) electrons. The van der Waals surface area contributed by atoms with Gasteiger partial charge in [0.25, 0.3) is 0 Å². The maximum absolute atomic E-state index is 9.93. The Morgan fingerprint density at radius 3 is 2.38 bits per heavy atom. The molecule has 0 bridgehead atoms. The second-order valence-corrected chi connectivity index (χ2v) is 5.24. The molecule has 0 aliphatic heterocycles. The van der Waals surface area contributed by atoms with Crippen molar-refractivity contribution in [2.75, 3.05) is 5.43 Å². The van der Waals surface area contributed by atoms with Crippen molar-refractivity contribution in [2.24, 2.45) is 5.10 Å². The second kappa shape index (κ2) is 7.83. The van der Waals surface area contributed by atoms with Crippen LogP contribution in [0.25, 0.3) is 0 Å². The molecule has 120 valence electrons. The van der Waals surface area contributed by atoms with Gasteiger partial charge in [-0.25, -0.2) is 0 Å². The molecule has 0 fully saturated rings. The molecule has 0 aromatic heterocycles. The molecule has 24 heavy (non-hydrogen) atoms. The van der Waals surface area contributed by atoms with Crippen molar-refractivity contribution >= 4 is 11.9 Å². The number of nitrogens with zero attached hydrogens (tertiary/aromatic N) is 1. The van der Waals surface area contributed by atoms with Gasteiger partial charge in [0, 0.05) is 0 Å². The number of nitrogens with one attached hydrogen (secondary N) is 1. The highest BCUT2D eigenvalue weighted by Gasteiger charge is 2.04. The zero-order chi connectivity index (χ0) is 16.6. The van der Waals surface area contributed by atoms with E-state index in [1.165, 1.54) is 0 Å². The Labute approximate surface area is 141 Å². The first kappa shape index (κ1) is 15.6. The number of anilines is 1. The number of hydrazone groups is 1. The van der Waals surface area contributed by atoms with Crippen LogP contribution in [0.3, 0.4) is 0 Å². The molecule has 0 saturated heterocycles. The third kappa shape index (κ3) is 4.36. The molecule has 0 heterocycles. The average Bonchev–Trinajstić information content (AvgIpc) is 2.64. The number of ether oxygens (including phenoxy) is 1. The van der Waals surface area contributed by atoms with Crippen LogP contribution in [-0.4, -0.2) is 11.3 Å². The quantitative estimate of drug-likeness (QED) is 0.522. The van der Waals surface area contributed by atoms with Gasteiger partial charge < -0.3 is 9.84 Å². The Balaban J connectivity index is 1.65. The standard InChI is InChI=1S/C20H18N2O2/c23-19-12-11-17(14-21-22-18-9-5-2-6-10-18)13-20(19)24-15-16-7-3-1-4-8-16/h1-14,22-23H,15H2. The number of hydrogen-bond acceptors (Lipinski definition) is 4. The van der Waals surface area contributed by atoms with Crippen LogP contribution in [0.2, 0.25) is 0 Å². The predicted molar refractivity (Wildman–Crippen MR) is 96.5 cm³/mol. The van der Waals surface area contributed by atoms with E-state index in [0.717, 1.165) is 16.8 Å². The van der Waals surface area contributed by atoms with Crippen LogP contribution >= 0.6 is 0 Å². The molecule has 0 saturated carbocycles. The molecule has 0 aliphatic carbocycles. The Morgan fingerprint density at radius 1 is 0.917 bits per heavy atom. The van der Waals surface area contributed by atoms with E-state index in [4.69, 9.17) is 4.74 Å². The maximum atomic E-state index is 9.93. The van der Waals surface area contributed by atoms with Crippen molar-refractivity contribution in [3.63, 3.8) is 0 Å². The minimum absolute atomic E-state index is 0.110. The summed E-state index contributed by atoms with van der Waals surface area (Å²) in [7, 11) is 0. The molecule has 0 spiro atoms. The summed E-state index contributed by atoms with van der Waals surface area (Å²) in [5.41, 5.74) is 5.74. The molecule has 3 aromatic carbocycles. The fraction of sp³-hybridized carbons (Fsp3) is 0.0500. The Morgan fingerprint density at radius 2 is 1.62 bits per heavy atom. The van der Waals surface area contributed by atoms with E-state index < -0.39 is 0 Å². The molecule has 0 atom stereocenters. The summed E-state index contributed by atoms with van der Waals surface area (Å²) >= 11 is 0. The zero-order valence-corrected chi connectivity index (χ0v) is 13.1. The van der Waals surface area contributed by atoms with Crippen molar-refractivity contribution in [3.8, 4) is 11.5 Å². The van der Waals surface area contributed by atoms with Gasteiger partial charge >= 0.3 is 0 Å². The summed E-state index contributed by atoms with van der Waals surface area (Å²) in [6, 6.07) is 24.7. The van der Waals surface area contributed by atoms with Crippen LogP contribution in [-0.2, 0) is 6.61 Å². The highest BCUT2D eigenvalue weighted by molar-refractivity contribution is 5.81. The van der Waals surface area contributed by atoms with Gasteiger partial charge in [-0.3, -0.25) is 5.43 Å². The smallest absolute Gasteiger partial charge is 0.162 e. The lowest BCUT2D eigenvalue weighted by Crippen LogP contribution is -1.96. The summed E-state index contributed by atoms with van der Waals surface area (Å²) in [5.74, 6) is 0.543. The van der Waals surface area contributed by atoms with E-state index in [-0.39, 0.29) is 5.75 Å². The largest absolute Gasteiger partial charge is 0.504 e. The highest BCUT2D eigenvalue weighted by atomic mass is 16.5. The fourth-order valence-corrected chi connectivity index (χ4v) is 2.16. The van der Waals surface area contributed by atoms with Gasteiger partial charge in [0.1, 0.15) is 6.61 Å². The summed E-state index contributed by atoms with van der Waals surface area (Å²) in [5, 5.41) is 14.1. The van der Waals surface area contributed by atoms with E-state index >= 15 is 0 Å². The van der Waals surface area contributed by atoms with Crippen molar-refractivity contribution in [3.05, 3.63) is 90.0 Å². The molecule has 0 amide bonds. The maximum Gasteiger partial charge on any atom is 0.162 e. The monoisotopic (exact) mass is 318 g/mol. The first-order valence-corrected chi connectivity index (χ1v) is 7.65. The number of hydrogen-bond donors (Lipinski definition) is 2. The Bertz CT molecular complexity index is 802. The van der Waals surface area contributed by atoms with Gasteiger partial charge in [0.15, 0.2) is 11.5 Å². The summed E-state index contributed by atoms with van der Waals surface area (Å²) in [4.78, 5) is 0. The lowest BCUT2D eigenvalue weighted by atomic mass is 10.2. The SMILES string of the molecule is Oc1ccc(C=NNc2ccccc2)cc1OCc1ccccc1. The van der Waals surface area contributed by atoms with Gasteiger partial charge in [-0.1, -0.05) is 48.5 Å². The van der Waals surface area contributed by atoms with Crippen molar-refractivity contribution in [1.29, 1.82) is 0 Å². The van der Waals surface area contributed by atoms with E-state index in [9.17, 15) is 5.11 Å². The fourth-order valence-electron chi connectivity index (χ4n) is 2.16. The molecule has 4 heteroatoms. The molecule has 2 N–H and O–H groups in total. The summed E-state index contributed by atoms with van der Waals surface area (Å²) in [6.45, 7) is 0.400. The average molecular weight is 318 g/mol. The van der Waals surface area contributed by atoms with E-state index in [1.807, 2.05) is 60.7 Å². The summed E-state index contributed by atoms with van der Waals surface area (Å²) < 4.78 is 5.70. The number of benzene rings is 3. The number of phenols is 1. The van der Waals surface area contributed by atoms with Gasteiger partial charge in [-0.15, -0.1) is 0 Å². The topological polar surface area (TPSA) is 53.9 Å². The van der Waals surface area contributed by atoms with Crippen LogP contribution in [0.1, 0.15) is 11.1 Å². The number of para-hydroxylation sites is 1. The van der Waals surface area contributed by atoms with Crippen molar-refractivity contribution < 1.29 is 9.84 Å². The van der Waals surface area contributed by atoms with Crippen LogP contribution in [0.15, 0.2) is 84.0 Å². The first-order valence-electron chi connectivity index (χ1n) is 7.65. The lowest BCUT2D eigenvalue weighted by molar-refractivity contribution is 0.289. The van der Waals surface area contributed by atoms with Crippen LogP contribution in [0.5, 0.6) is 11.5 Å². The normalized spacial score (nSPS) is 10.7. The Hall–Kier alpha value is -3.27. The van der Waals surface area contributed by atoms with Crippen molar-refractivity contribution in [1.82, 2.24) is 0 Å². The highest BCUT2D eigenvalue weighted by Crippen LogP contribution is 2.27. The number of aromatic hydroxyl groups is 1. The van der Waals surface area contributed by atoms with E-state index in [1.54, 1.807) is 24.4 Å². The number of rotatable bonds is 6. The number of phenolic OH excluding ortho intramolecular Hbond substituents is 1. The molecular formula is C20H18N2O2. The molecule has 3 rings (SSSR count). The van der Waals surface area contributed by atoms with Crippen LogP contribution < -0.4 is 10.2 Å². The zero-order valence-electron chi connectivity index (χ0n) is 13.1. The molecular weight excluding hydrogens is 300 g/mol. The lowest BCUT2D eigenvalue weighted by Gasteiger charge is -2.09. The predicted octanol–water partition coefficient (Wildman–Crippen LogP) is 4.42. The minimum Gasteiger partial charge on any atom is -0.504 e. The van der Waals surface area contributed by atoms with Crippen molar-refractivity contribution in [2.45, 2.75) is 6.61 Å². The van der Waals surface area contributed by atoms with Gasteiger partial charge in [-0.05, 0) is 41.5 Å². The molecule has 3 aromatic rings. The molecule has 0 aliphatic rings. The molecule has 0 unspecified atom stereocenters. The third-order valence-corrected chi connectivity index (χ3v) is 3.40.